The third kappa shape index (κ3) is 3.82. The molecule has 6 heteroatoms. The van der Waals surface area contributed by atoms with Gasteiger partial charge >= 0.3 is 0 Å². The van der Waals surface area contributed by atoms with Gasteiger partial charge in [0.2, 0.25) is 5.71 Å². The van der Waals surface area contributed by atoms with Crippen LogP contribution >= 0.6 is 0 Å². The van der Waals surface area contributed by atoms with E-state index in [1.165, 1.54) is 17.5 Å². The number of hydrogen-bond acceptors (Lipinski definition) is 4. The van der Waals surface area contributed by atoms with Gasteiger partial charge in [0.1, 0.15) is 11.1 Å². The van der Waals surface area contributed by atoms with Crippen LogP contribution in [0.3, 0.4) is 0 Å². The van der Waals surface area contributed by atoms with Crippen molar-refractivity contribution in [3.8, 4) is 0 Å². The molecule has 0 aliphatic carbocycles. The van der Waals surface area contributed by atoms with Gasteiger partial charge in [-0.2, -0.15) is 0 Å². The highest BCUT2D eigenvalue weighted by molar-refractivity contribution is 6.06. The third-order valence-corrected chi connectivity index (χ3v) is 5.02. The lowest BCUT2D eigenvalue weighted by molar-refractivity contribution is 0.0952. The maximum atomic E-state index is 12.8. The second-order valence-corrected chi connectivity index (χ2v) is 6.86. The summed E-state index contributed by atoms with van der Waals surface area (Å²) < 4.78 is 5.48. The van der Waals surface area contributed by atoms with Crippen LogP contribution in [-0.4, -0.2) is 22.4 Å². The minimum absolute atomic E-state index is 0.157. The van der Waals surface area contributed by atoms with Gasteiger partial charge in [-0.25, -0.2) is 4.98 Å². The fourth-order valence-electron chi connectivity index (χ4n) is 3.64. The molecule has 0 spiro atoms. The number of fused-ring (bicyclic) bond motifs is 1. The normalized spacial score (nSPS) is 11.1. The fraction of sp³-hybridized carbons (Fsp3) is 0.174. The van der Waals surface area contributed by atoms with Crippen LogP contribution in [-0.2, 0) is 0 Å². The molecule has 2 N–H and O–H groups in total. The summed E-state index contributed by atoms with van der Waals surface area (Å²) in [7, 11) is 0. The fourth-order valence-corrected chi connectivity index (χ4v) is 3.64. The summed E-state index contributed by atoms with van der Waals surface area (Å²) in [4.78, 5) is 31.4. The molecular formula is C23H21N3O3. The molecule has 0 bridgehead atoms. The van der Waals surface area contributed by atoms with Crippen LogP contribution in [0.5, 0.6) is 0 Å². The lowest BCUT2D eigenvalue weighted by Gasteiger charge is -2.18. The van der Waals surface area contributed by atoms with Gasteiger partial charge in [-0.15, -0.1) is 0 Å². The van der Waals surface area contributed by atoms with Gasteiger partial charge in [0.25, 0.3) is 11.5 Å². The quantitative estimate of drug-likeness (QED) is 0.527. The number of aryl methyl sites for hydroxylation is 1. The van der Waals surface area contributed by atoms with Crippen molar-refractivity contribution in [1.29, 1.82) is 0 Å². The van der Waals surface area contributed by atoms with E-state index in [1.807, 2.05) is 36.4 Å². The molecule has 2 heterocycles. The highest BCUT2D eigenvalue weighted by Crippen LogP contribution is 2.27. The number of aromatic amines is 1. The van der Waals surface area contributed by atoms with Gasteiger partial charge in [-0.05, 0) is 24.5 Å². The Balaban J connectivity index is 1.53. The Morgan fingerprint density at radius 3 is 2.31 bits per heavy atom. The summed E-state index contributed by atoms with van der Waals surface area (Å²) in [6, 6.07) is 20.4. The minimum Gasteiger partial charge on any atom is -0.442 e. The van der Waals surface area contributed by atoms with E-state index < -0.39 is 0 Å². The van der Waals surface area contributed by atoms with E-state index in [4.69, 9.17) is 4.42 Å². The zero-order valence-electron chi connectivity index (χ0n) is 16.0. The van der Waals surface area contributed by atoms with E-state index in [0.29, 0.717) is 12.3 Å². The van der Waals surface area contributed by atoms with Crippen molar-refractivity contribution in [2.75, 3.05) is 6.54 Å². The maximum Gasteiger partial charge on any atom is 0.262 e. The van der Waals surface area contributed by atoms with Crippen LogP contribution in [0, 0.1) is 6.92 Å². The first-order chi connectivity index (χ1) is 14.1. The van der Waals surface area contributed by atoms with Crippen molar-refractivity contribution >= 4 is 17.0 Å². The molecule has 29 heavy (non-hydrogen) atoms. The van der Waals surface area contributed by atoms with Crippen LogP contribution in [0.2, 0.25) is 0 Å². The predicted octanol–water partition coefficient (Wildman–Crippen LogP) is 3.78. The third-order valence-electron chi connectivity index (χ3n) is 5.02. The average molecular weight is 387 g/mol. The first-order valence-corrected chi connectivity index (χ1v) is 9.50. The summed E-state index contributed by atoms with van der Waals surface area (Å²) in [5.74, 6) is 0.203. The predicted molar refractivity (Wildman–Crippen MR) is 111 cm³/mol. The van der Waals surface area contributed by atoms with E-state index in [9.17, 15) is 9.59 Å². The Labute approximate surface area is 167 Å². The number of nitrogens with zero attached hydrogens (tertiary/aromatic N) is 1. The summed E-state index contributed by atoms with van der Waals surface area (Å²) >= 11 is 0. The number of carbonyl (C=O) groups is 1. The molecule has 0 saturated carbocycles. The topological polar surface area (TPSA) is 88.0 Å². The van der Waals surface area contributed by atoms with Crippen molar-refractivity contribution in [1.82, 2.24) is 15.3 Å². The number of hydrogen-bond donors (Lipinski definition) is 2. The van der Waals surface area contributed by atoms with Gasteiger partial charge in [-0.3, -0.25) is 9.59 Å². The molecule has 0 radical (unpaired) electrons. The van der Waals surface area contributed by atoms with Crippen LogP contribution < -0.4 is 10.9 Å². The Morgan fingerprint density at radius 1 is 1.07 bits per heavy atom. The molecule has 0 aliphatic rings. The highest BCUT2D eigenvalue weighted by atomic mass is 16.3. The number of furan rings is 1. The first kappa shape index (κ1) is 18.7. The molecule has 6 nitrogen and oxygen atoms in total. The Morgan fingerprint density at radius 2 is 1.69 bits per heavy atom. The van der Waals surface area contributed by atoms with Crippen LogP contribution in [0.4, 0.5) is 0 Å². The number of benzene rings is 2. The van der Waals surface area contributed by atoms with E-state index in [1.54, 1.807) is 6.92 Å². The maximum absolute atomic E-state index is 12.8. The van der Waals surface area contributed by atoms with Crippen molar-refractivity contribution in [2.24, 2.45) is 0 Å². The molecule has 0 aliphatic heterocycles. The van der Waals surface area contributed by atoms with Crippen LogP contribution in [0.15, 0.2) is 76.2 Å². The number of rotatable bonds is 6. The lowest BCUT2D eigenvalue weighted by Crippen LogP contribution is -2.27. The lowest BCUT2D eigenvalue weighted by atomic mass is 9.88. The number of aromatic nitrogens is 2. The number of nitrogens with one attached hydrogen (secondary N) is 2. The molecule has 0 saturated heterocycles. The van der Waals surface area contributed by atoms with E-state index >= 15 is 0 Å². The van der Waals surface area contributed by atoms with Gasteiger partial charge in [0.15, 0.2) is 0 Å². The zero-order valence-corrected chi connectivity index (χ0v) is 16.0. The monoisotopic (exact) mass is 387 g/mol. The summed E-state index contributed by atoms with van der Waals surface area (Å²) in [5.41, 5.74) is 2.41. The Kier molecular flexibility index (Phi) is 5.24. The van der Waals surface area contributed by atoms with Crippen molar-refractivity contribution < 1.29 is 9.21 Å². The Hall–Kier alpha value is -3.67. The SMILES string of the molecule is Cc1oc2nc[nH]c(=O)c2c1C(=O)NCCC(c1ccccc1)c1ccccc1. The van der Waals surface area contributed by atoms with Gasteiger partial charge in [0, 0.05) is 12.5 Å². The summed E-state index contributed by atoms with van der Waals surface area (Å²) in [6.45, 7) is 2.12. The average Bonchev–Trinajstić information content (AvgIpc) is 3.09. The smallest absolute Gasteiger partial charge is 0.262 e. The van der Waals surface area contributed by atoms with Gasteiger partial charge in [0.05, 0.1) is 11.9 Å². The number of carbonyl (C=O) groups excluding carboxylic acids is 1. The highest BCUT2D eigenvalue weighted by Gasteiger charge is 2.22. The molecule has 1 amide bonds. The van der Waals surface area contributed by atoms with E-state index in [-0.39, 0.29) is 34.0 Å². The summed E-state index contributed by atoms with van der Waals surface area (Å²) in [5, 5.41) is 3.12. The molecule has 0 unspecified atom stereocenters. The van der Waals surface area contributed by atoms with E-state index in [2.05, 4.69) is 39.6 Å². The molecule has 4 aromatic rings. The standard InChI is InChI=1S/C23H21N3O3/c1-15-19(20-22(28)25-14-26-23(20)29-15)21(27)24-13-12-18(16-8-4-2-5-9-16)17-10-6-3-7-11-17/h2-11,14,18H,12-13H2,1H3,(H,24,27)(H,25,26,28). The van der Waals surface area contributed by atoms with Crippen LogP contribution in [0.25, 0.3) is 11.1 Å². The second-order valence-electron chi connectivity index (χ2n) is 6.86. The van der Waals surface area contributed by atoms with Crippen molar-refractivity contribution in [3.05, 3.63) is 99.8 Å². The molecule has 0 fully saturated rings. The second kappa shape index (κ2) is 8.14. The molecule has 146 valence electrons. The van der Waals surface area contributed by atoms with Crippen molar-refractivity contribution in [2.45, 2.75) is 19.3 Å². The zero-order chi connectivity index (χ0) is 20.2. The number of H-pyrrole nitrogens is 1. The van der Waals surface area contributed by atoms with Gasteiger partial charge < -0.3 is 14.7 Å². The molecule has 0 atom stereocenters. The van der Waals surface area contributed by atoms with Gasteiger partial charge in [-0.1, -0.05) is 60.7 Å². The number of amides is 1. The minimum atomic E-state index is -0.386. The van der Waals surface area contributed by atoms with E-state index in [0.717, 1.165) is 6.42 Å². The largest absolute Gasteiger partial charge is 0.442 e. The molecular weight excluding hydrogens is 366 g/mol. The molecule has 2 aromatic carbocycles. The Bertz CT molecular complexity index is 1140. The first-order valence-electron chi connectivity index (χ1n) is 9.50. The molecule has 2 aromatic heterocycles. The molecule has 4 rings (SSSR count). The van der Waals surface area contributed by atoms with Crippen molar-refractivity contribution in [3.63, 3.8) is 0 Å². The summed E-state index contributed by atoms with van der Waals surface area (Å²) in [6.07, 6.45) is 1.99. The van der Waals surface area contributed by atoms with Crippen LogP contribution in [0.1, 0.15) is 39.6 Å².